The number of aromatic nitrogens is 2. The van der Waals surface area contributed by atoms with Gasteiger partial charge in [0.2, 0.25) is 0 Å². The minimum atomic E-state index is 0.126. The van der Waals surface area contributed by atoms with Gasteiger partial charge in [-0.25, -0.2) is 0 Å². The Hall–Kier alpha value is -1.39. The molecule has 0 saturated carbocycles. The first-order valence-corrected chi connectivity index (χ1v) is 5.66. The third-order valence-electron chi connectivity index (χ3n) is 3.16. The van der Waals surface area contributed by atoms with Crippen LogP contribution in [-0.4, -0.2) is 23.1 Å². The van der Waals surface area contributed by atoms with Crippen LogP contribution in [0.15, 0.2) is 18.5 Å². The van der Waals surface area contributed by atoms with E-state index >= 15 is 0 Å². The standard InChI is InChI=1S/C12H15N3O/c13-4-1-11-12-9(3-6-16-11)8-2-5-14-7-10(8)15-12/h2,5,7,11,15H,1,3-4,6,13H2. The number of nitrogens with zero attached hydrogens (tertiary/aromatic N) is 1. The molecule has 0 fully saturated rings. The number of hydrogen-bond acceptors (Lipinski definition) is 3. The molecule has 1 unspecified atom stereocenters. The van der Waals surface area contributed by atoms with Crippen LogP contribution >= 0.6 is 0 Å². The van der Waals surface area contributed by atoms with E-state index in [2.05, 4.69) is 16.0 Å². The van der Waals surface area contributed by atoms with Crippen molar-refractivity contribution in [2.75, 3.05) is 13.2 Å². The second-order valence-electron chi connectivity index (χ2n) is 4.13. The quantitative estimate of drug-likeness (QED) is 0.801. The summed E-state index contributed by atoms with van der Waals surface area (Å²) in [5.74, 6) is 0. The molecule has 3 rings (SSSR count). The van der Waals surface area contributed by atoms with Crippen LogP contribution in [0.1, 0.15) is 23.8 Å². The average Bonchev–Trinajstić information content (AvgIpc) is 2.69. The predicted molar refractivity (Wildman–Crippen MR) is 62.2 cm³/mol. The van der Waals surface area contributed by atoms with Gasteiger partial charge in [-0.3, -0.25) is 4.98 Å². The van der Waals surface area contributed by atoms with E-state index in [1.165, 1.54) is 16.6 Å². The lowest BCUT2D eigenvalue weighted by Crippen LogP contribution is -2.18. The van der Waals surface area contributed by atoms with Gasteiger partial charge in [-0.05, 0) is 31.0 Å². The Kier molecular flexibility index (Phi) is 2.38. The highest BCUT2D eigenvalue weighted by Gasteiger charge is 2.24. The van der Waals surface area contributed by atoms with Crippen molar-refractivity contribution in [3.63, 3.8) is 0 Å². The molecule has 0 amide bonds. The second-order valence-corrected chi connectivity index (χ2v) is 4.13. The molecule has 3 heterocycles. The molecular formula is C12H15N3O. The Balaban J connectivity index is 2.13. The third kappa shape index (κ3) is 1.42. The Morgan fingerprint density at radius 2 is 2.50 bits per heavy atom. The molecule has 4 heteroatoms. The molecule has 16 heavy (non-hydrogen) atoms. The summed E-state index contributed by atoms with van der Waals surface area (Å²) in [6, 6.07) is 2.06. The van der Waals surface area contributed by atoms with Gasteiger partial charge < -0.3 is 15.5 Å². The lowest BCUT2D eigenvalue weighted by Gasteiger charge is -2.22. The van der Waals surface area contributed by atoms with Gasteiger partial charge in [-0.1, -0.05) is 0 Å². The molecule has 84 valence electrons. The summed E-state index contributed by atoms with van der Waals surface area (Å²) in [6.45, 7) is 1.44. The second kappa shape index (κ2) is 3.88. The maximum atomic E-state index is 5.74. The number of ether oxygens (including phenoxy) is 1. The zero-order valence-corrected chi connectivity index (χ0v) is 9.07. The van der Waals surface area contributed by atoms with E-state index in [1.54, 1.807) is 0 Å². The number of rotatable bonds is 2. The van der Waals surface area contributed by atoms with E-state index in [0.29, 0.717) is 6.54 Å². The maximum Gasteiger partial charge on any atom is 0.0987 e. The minimum absolute atomic E-state index is 0.126. The van der Waals surface area contributed by atoms with Crippen molar-refractivity contribution in [1.29, 1.82) is 0 Å². The summed E-state index contributed by atoms with van der Waals surface area (Å²) in [4.78, 5) is 7.54. The van der Waals surface area contributed by atoms with Gasteiger partial charge in [-0.2, -0.15) is 0 Å². The van der Waals surface area contributed by atoms with Crippen LogP contribution in [0.2, 0.25) is 0 Å². The number of pyridine rings is 1. The van der Waals surface area contributed by atoms with Crippen LogP contribution in [0.5, 0.6) is 0 Å². The van der Waals surface area contributed by atoms with Gasteiger partial charge in [0.15, 0.2) is 0 Å². The van der Waals surface area contributed by atoms with Crippen molar-refractivity contribution in [1.82, 2.24) is 9.97 Å². The average molecular weight is 217 g/mol. The molecule has 0 aromatic carbocycles. The van der Waals surface area contributed by atoms with Crippen LogP contribution in [0, 0.1) is 0 Å². The Morgan fingerprint density at radius 3 is 3.38 bits per heavy atom. The van der Waals surface area contributed by atoms with Gasteiger partial charge in [0, 0.05) is 17.3 Å². The fraction of sp³-hybridized carbons (Fsp3) is 0.417. The van der Waals surface area contributed by atoms with Crippen molar-refractivity contribution < 1.29 is 4.74 Å². The van der Waals surface area contributed by atoms with Crippen molar-refractivity contribution in [3.8, 4) is 0 Å². The highest BCUT2D eigenvalue weighted by atomic mass is 16.5. The molecule has 4 nitrogen and oxygen atoms in total. The summed E-state index contributed by atoms with van der Waals surface area (Å²) < 4.78 is 5.74. The topological polar surface area (TPSA) is 63.9 Å². The number of nitrogens with one attached hydrogen (secondary N) is 1. The van der Waals surface area contributed by atoms with Gasteiger partial charge in [0.1, 0.15) is 0 Å². The van der Waals surface area contributed by atoms with Crippen LogP contribution in [0.25, 0.3) is 10.9 Å². The van der Waals surface area contributed by atoms with Crippen LogP contribution in [0.4, 0.5) is 0 Å². The van der Waals surface area contributed by atoms with E-state index < -0.39 is 0 Å². The van der Waals surface area contributed by atoms with E-state index in [-0.39, 0.29) is 6.10 Å². The molecular weight excluding hydrogens is 202 g/mol. The SMILES string of the molecule is NCCC1OCCc2c1[nH]c1cnccc21. The predicted octanol–water partition coefficient (Wildman–Crippen LogP) is 1.53. The first-order valence-electron chi connectivity index (χ1n) is 5.66. The molecule has 0 saturated heterocycles. The monoisotopic (exact) mass is 217 g/mol. The molecule has 1 aliphatic heterocycles. The van der Waals surface area contributed by atoms with Crippen molar-refractivity contribution >= 4 is 10.9 Å². The van der Waals surface area contributed by atoms with Gasteiger partial charge >= 0.3 is 0 Å². The molecule has 1 atom stereocenters. The van der Waals surface area contributed by atoms with E-state index in [9.17, 15) is 0 Å². The van der Waals surface area contributed by atoms with Gasteiger partial charge in [0.05, 0.1) is 24.4 Å². The molecule has 0 bridgehead atoms. The van der Waals surface area contributed by atoms with E-state index in [0.717, 1.165) is 25.0 Å². The Morgan fingerprint density at radius 1 is 1.56 bits per heavy atom. The van der Waals surface area contributed by atoms with E-state index in [1.807, 2.05) is 12.4 Å². The lowest BCUT2D eigenvalue weighted by atomic mass is 10.0. The molecule has 2 aromatic rings. The Labute approximate surface area is 93.8 Å². The van der Waals surface area contributed by atoms with Crippen molar-refractivity contribution in [2.24, 2.45) is 5.73 Å². The van der Waals surface area contributed by atoms with Crippen LogP contribution in [0.3, 0.4) is 0 Å². The Bertz CT molecular complexity index is 506. The van der Waals surface area contributed by atoms with Crippen LogP contribution in [-0.2, 0) is 11.2 Å². The highest BCUT2D eigenvalue weighted by Crippen LogP contribution is 2.33. The van der Waals surface area contributed by atoms with Gasteiger partial charge in [-0.15, -0.1) is 0 Å². The first-order chi connectivity index (χ1) is 7.90. The number of H-pyrrole nitrogens is 1. The highest BCUT2D eigenvalue weighted by molar-refractivity contribution is 5.84. The summed E-state index contributed by atoms with van der Waals surface area (Å²) >= 11 is 0. The molecule has 1 aliphatic rings. The van der Waals surface area contributed by atoms with Gasteiger partial charge in [0.25, 0.3) is 0 Å². The molecule has 0 radical (unpaired) electrons. The number of nitrogens with two attached hydrogens (primary N) is 1. The summed E-state index contributed by atoms with van der Waals surface area (Å²) in [6.07, 6.45) is 5.67. The fourth-order valence-electron chi connectivity index (χ4n) is 2.43. The van der Waals surface area contributed by atoms with Crippen LogP contribution < -0.4 is 5.73 Å². The molecule has 2 aromatic heterocycles. The molecule has 0 spiro atoms. The lowest BCUT2D eigenvalue weighted by molar-refractivity contribution is 0.0360. The number of aromatic amines is 1. The molecule has 0 aliphatic carbocycles. The summed E-state index contributed by atoms with van der Waals surface area (Å²) in [5, 5.41) is 1.27. The fourth-order valence-corrected chi connectivity index (χ4v) is 2.43. The largest absolute Gasteiger partial charge is 0.372 e. The molecule has 3 N–H and O–H groups in total. The zero-order chi connectivity index (χ0) is 11.0. The third-order valence-corrected chi connectivity index (χ3v) is 3.16. The van der Waals surface area contributed by atoms with E-state index in [4.69, 9.17) is 10.5 Å². The summed E-state index contributed by atoms with van der Waals surface area (Å²) in [7, 11) is 0. The number of fused-ring (bicyclic) bond motifs is 3. The zero-order valence-electron chi connectivity index (χ0n) is 9.07. The minimum Gasteiger partial charge on any atom is -0.372 e. The first kappa shape index (κ1) is 9.81. The smallest absolute Gasteiger partial charge is 0.0987 e. The summed E-state index contributed by atoms with van der Waals surface area (Å²) in [5.41, 5.74) is 9.27. The van der Waals surface area contributed by atoms with Crippen molar-refractivity contribution in [3.05, 3.63) is 29.7 Å². The normalized spacial score (nSPS) is 19.9. The van der Waals surface area contributed by atoms with Crippen molar-refractivity contribution in [2.45, 2.75) is 18.9 Å². The number of hydrogen-bond donors (Lipinski definition) is 2. The maximum absolute atomic E-state index is 5.74.